The predicted molar refractivity (Wildman–Crippen MR) is 109 cm³/mol. The molecule has 0 aliphatic carbocycles. The second kappa shape index (κ2) is 12.8. The highest BCUT2D eigenvalue weighted by atomic mass is 16.6. The van der Waals surface area contributed by atoms with E-state index in [1.165, 1.54) is 53.2 Å². The van der Waals surface area contributed by atoms with E-state index in [-0.39, 0.29) is 23.0 Å². The summed E-state index contributed by atoms with van der Waals surface area (Å²) in [4.78, 5) is 34.8. The van der Waals surface area contributed by atoms with Crippen molar-refractivity contribution in [2.24, 2.45) is 0 Å². The van der Waals surface area contributed by atoms with Crippen LogP contribution in [-0.2, 0) is 20.8 Å². The number of ether oxygens (including phenoxy) is 4. The molecular weight excluding hydrogens is 376 g/mol. The van der Waals surface area contributed by atoms with Crippen LogP contribution < -0.4 is 18.9 Å². The Morgan fingerprint density at radius 2 is 1.21 bits per heavy atom. The van der Waals surface area contributed by atoms with Crippen LogP contribution in [0.4, 0.5) is 0 Å². The van der Waals surface area contributed by atoms with Crippen LogP contribution in [0.5, 0.6) is 23.0 Å². The van der Waals surface area contributed by atoms with Crippen molar-refractivity contribution in [3.63, 3.8) is 0 Å². The van der Waals surface area contributed by atoms with Gasteiger partial charge in [0.05, 0.1) is 7.11 Å². The summed E-state index contributed by atoms with van der Waals surface area (Å²) >= 11 is 0. The van der Waals surface area contributed by atoms with Gasteiger partial charge in [0.15, 0.2) is 23.0 Å². The molecule has 0 amide bonds. The highest BCUT2D eigenvalue weighted by Gasteiger charge is 2.25. The molecule has 29 heavy (non-hydrogen) atoms. The lowest BCUT2D eigenvalue weighted by atomic mass is 10.0. The molecule has 7 heteroatoms. The van der Waals surface area contributed by atoms with E-state index < -0.39 is 17.9 Å². The molecule has 7 nitrogen and oxygen atoms in total. The maximum absolute atomic E-state index is 11.7. The van der Waals surface area contributed by atoms with Crippen LogP contribution in [0.3, 0.4) is 0 Å². The maximum Gasteiger partial charge on any atom is 0.308 e. The standard InChI is InChI=1S/C22H32O7/c1-6-7-8-9-10-11-12-13-18-21(28-16(3)24)19(26-5)14-20(27-15(2)23)22(18)29-17(4)25/h14H,6-13H2,1-5H3. The minimum absolute atomic E-state index is 0.0541. The molecule has 0 spiro atoms. The Labute approximate surface area is 172 Å². The number of carbonyl (C=O) groups is 3. The number of hydrogen-bond donors (Lipinski definition) is 0. The molecule has 0 heterocycles. The van der Waals surface area contributed by atoms with Gasteiger partial charge in [-0.15, -0.1) is 0 Å². The van der Waals surface area contributed by atoms with E-state index in [0.29, 0.717) is 12.0 Å². The number of hydrogen-bond acceptors (Lipinski definition) is 7. The van der Waals surface area contributed by atoms with Crippen LogP contribution in [-0.4, -0.2) is 25.0 Å². The van der Waals surface area contributed by atoms with E-state index in [9.17, 15) is 14.4 Å². The highest BCUT2D eigenvalue weighted by Crippen LogP contribution is 2.46. The third kappa shape index (κ3) is 8.54. The summed E-state index contributed by atoms with van der Waals surface area (Å²) in [5, 5.41) is 0. The van der Waals surface area contributed by atoms with Crippen LogP contribution in [0.15, 0.2) is 6.07 Å². The second-order valence-electron chi connectivity index (χ2n) is 6.87. The van der Waals surface area contributed by atoms with Gasteiger partial charge in [-0.2, -0.15) is 0 Å². The van der Waals surface area contributed by atoms with Gasteiger partial charge in [-0.1, -0.05) is 45.4 Å². The van der Waals surface area contributed by atoms with E-state index in [4.69, 9.17) is 18.9 Å². The van der Waals surface area contributed by atoms with Crippen molar-refractivity contribution >= 4 is 17.9 Å². The van der Waals surface area contributed by atoms with Crippen molar-refractivity contribution in [3.8, 4) is 23.0 Å². The van der Waals surface area contributed by atoms with E-state index >= 15 is 0 Å². The van der Waals surface area contributed by atoms with Gasteiger partial charge >= 0.3 is 17.9 Å². The number of methoxy groups -OCH3 is 1. The molecular formula is C22H32O7. The van der Waals surface area contributed by atoms with Crippen molar-refractivity contribution < 1.29 is 33.3 Å². The average Bonchev–Trinajstić information content (AvgIpc) is 2.63. The van der Waals surface area contributed by atoms with E-state index in [1.54, 1.807) is 0 Å². The van der Waals surface area contributed by atoms with Crippen molar-refractivity contribution in [2.45, 2.75) is 79.1 Å². The van der Waals surface area contributed by atoms with Crippen molar-refractivity contribution in [1.29, 1.82) is 0 Å². The van der Waals surface area contributed by atoms with Gasteiger partial charge < -0.3 is 18.9 Å². The first-order valence-corrected chi connectivity index (χ1v) is 10.1. The Bertz CT molecular complexity index is 710. The zero-order valence-electron chi connectivity index (χ0n) is 18.1. The SMILES string of the molecule is CCCCCCCCCc1c(OC(C)=O)c(OC)cc(OC(C)=O)c1OC(C)=O. The van der Waals surface area contributed by atoms with Gasteiger partial charge in [0, 0.05) is 32.4 Å². The van der Waals surface area contributed by atoms with Gasteiger partial charge in [-0.05, 0) is 12.8 Å². The third-order valence-electron chi connectivity index (χ3n) is 4.25. The first kappa shape index (κ1) is 24.5. The molecule has 0 bridgehead atoms. The van der Waals surface area contributed by atoms with Gasteiger partial charge in [0.2, 0.25) is 0 Å². The van der Waals surface area contributed by atoms with Crippen molar-refractivity contribution in [3.05, 3.63) is 11.6 Å². The van der Waals surface area contributed by atoms with Gasteiger partial charge in [0.25, 0.3) is 0 Å². The monoisotopic (exact) mass is 408 g/mol. The first-order valence-electron chi connectivity index (χ1n) is 10.1. The fraction of sp³-hybridized carbons (Fsp3) is 0.591. The maximum atomic E-state index is 11.7. The second-order valence-corrected chi connectivity index (χ2v) is 6.87. The fourth-order valence-corrected chi connectivity index (χ4v) is 3.03. The van der Waals surface area contributed by atoms with Gasteiger partial charge in [-0.3, -0.25) is 14.4 Å². The van der Waals surface area contributed by atoms with E-state index in [2.05, 4.69) is 6.92 Å². The van der Waals surface area contributed by atoms with Crippen LogP contribution in [0.2, 0.25) is 0 Å². The minimum atomic E-state index is -0.571. The Morgan fingerprint density at radius 3 is 1.69 bits per heavy atom. The van der Waals surface area contributed by atoms with Gasteiger partial charge in [0.1, 0.15) is 0 Å². The van der Waals surface area contributed by atoms with Crippen LogP contribution >= 0.6 is 0 Å². The molecule has 0 saturated heterocycles. The molecule has 0 aliphatic rings. The Hall–Kier alpha value is -2.57. The molecule has 1 aromatic carbocycles. The van der Waals surface area contributed by atoms with E-state index in [1.807, 2.05) is 0 Å². The van der Waals surface area contributed by atoms with Crippen molar-refractivity contribution in [1.82, 2.24) is 0 Å². The number of unbranched alkanes of at least 4 members (excludes halogenated alkanes) is 6. The number of benzene rings is 1. The molecule has 0 aliphatic heterocycles. The first-order chi connectivity index (χ1) is 13.8. The smallest absolute Gasteiger partial charge is 0.308 e. The Kier molecular flexibility index (Phi) is 10.8. The number of carbonyl (C=O) groups excluding carboxylic acids is 3. The largest absolute Gasteiger partial charge is 0.493 e. The quantitative estimate of drug-likeness (QED) is 0.280. The van der Waals surface area contributed by atoms with Crippen LogP contribution in [0.25, 0.3) is 0 Å². The summed E-state index contributed by atoms with van der Waals surface area (Å²) in [5.41, 5.74) is 0.472. The summed E-state index contributed by atoms with van der Waals surface area (Å²) in [6, 6.07) is 1.38. The summed E-state index contributed by atoms with van der Waals surface area (Å²) in [7, 11) is 1.42. The number of rotatable bonds is 12. The zero-order chi connectivity index (χ0) is 21.8. The molecule has 1 rings (SSSR count). The third-order valence-corrected chi connectivity index (χ3v) is 4.25. The minimum Gasteiger partial charge on any atom is -0.493 e. The molecule has 0 saturated carbocycles. The molecule has 0 fully saturated rings. The topological polar surface area (TPSA) is 88.1 Å². The Balaban J connectivity index is 3.22. The lowest BCUT2D eigenvalue weighted by molar-refractivity contribution is -0.134. The zero-order valence-corrected chi connectivity index (χ0v) is 18.1. The molecule has 0 atom stereocenters. The molecule has 0 unspecified atom stereocenters. The van der Waals surface area contributed by atoms with Gasteiger partial charge in [-0.25, -0.2) is 0 Å². The lowest BCUT2D eigenvalue weighted by Crippen LogP contribution is -2.12. The lowest BCUT2D eigenvalue weighted by Gasteiger charge is -2.19. The molecule has 162 valence electrons. The van der Waals surface area contributed by atoms with Crippen LogP contribution in [0.1, 0.15) is 78.2 Å². The van der Waals surface area contributed by atoms with E-state index in [0.717, 1.165) is 25.7 Å². The summed E-state index contributed by atoms with van der Waals surface area (Å²) in [6.07, 6.45) is 8.14. The summed E-state index contributed by atoms with van der Waals surface area (Å²) in [5.74, 6) is -1.13. The normalized spacial score (nSPS) is 10.4. The number of esters is 3. The molecule has 1 aromatic rings. The molecule has 0 aromatic heterocycles. The predicted octanol–water partition coefficient (Wildman–Crippen LogP) is 4.76. The van der Waals surface area contributed by atoms with Crippen LogP contribution in [0, 0.1) is 0 Å². The Morgan fingerprint density at radius 1 is 0.724 bits per heavy atom. The molecule has 0 radical (unpaired) electrons. The summed E-state index contributed by atoms with van der Waals surface area (Å²) < 4.78 is 21.3. The highest BCUT2D eigenvalue weighted by molar-refractivity contribution is 5.78. The molecule has 0 N–H and O–H groups in total. The average molecular weight is 408 g/mol. The van der Waals surface area contributed by atoms with Crippen molar-refractivity contribution in [2.75, 3.05) is 7.11 Å². The summed E-state index contributed by atoms with van der Waals surface area (Å²) in [6.45, 7) is 5.96. The fourth-order valence-electron chi connectivity index (χ4n) is 3.03.